The minimum Gasteiger partial charge on any atom is -0.409 e. The summed E-state index contributed by atoms with van der Waals surface area (Å²) in [5, 5.41) is 15.0. The van der Waals surface area contributed by atoms with Crippen LogP contribution in [0.15, 0.2) is 5.16 Å². The van der Waals surface area contributed by atoms with Gasteiger partial charge in [-0.3, -0.25) is 4.79 Å². The second kappa shape index (κ2) is 5.39. The standard InChI is InChI=1S/C14H25N3O2/c1-9(2)10-5-3-4-6-11(10)16-13(18)14(7-8-14)12(15)17-19/h9-11,19H,3-8H2,1-2H3,(H2,15,17)(H,16,18). The molecule has 0 aromatic heterocycles. The maximum absolute atomic E-state index is 12.4. The Hall–Kier alpha value is -1.26. The van der Waals surface area contributed by atoms with Crippen molar-refractivity contribution in [2.75, 3.05) is 0 Å². The van der Waals surface area contributed by atoms with E-state index < -0.39 is 5.41 Å². The van der Waals surface area contributed by atoms with E-state index in [-0.39, 0.29) is 17.8 Å². The SMILES string of the molecule is CC(C)C1CCCCC1NC(=O)C1(C(N)=NO)CC1. The van der Waals surface area contributed by atoms with Crippen LogP contribution in [0.1, 0.15) is 52.4 Å². The van der Waals surface area contributed by atoms with Gasteiger partial charge in [-0.05, 0) is 37.5 Å². The van der Waals surface area contributed by atoms with E-state index in [4.69, 9.17) is 10.9 Å². The molecule has 4 N–H and O–H groups in total. The molecular weight excluding hydrogens is 242 g/mol. The number of rotatable bonds is 4. The van der Waals surface area contributed by atoms with Crippen molar-refractivity contribution < 1.29 is 10.0 Å². The third-order valence-corrected chi connectivity index (χ3v) is 4.77. The lowest BCUT2D eigenvalue weighted by atomic mass is 9.77. The second-order valence-corrected chi connectivity index (χ2v) is 6.34. The first-order valence-electron chi connectivity index (χ1n) is 7.30. The Bertz CT molecular complexity index is 375. The molecule has 2 saturated carbocycles. The fourth-order valence-electron chi connectivity index (χ4n) is 3.26. The predicted octanol–water partition coefficient (Wildman–Crippen LogP) is 1.84. The Morgan fingerprint density at radius 3 is 2.53 bits per heavy atom. The number of carbonyl (C=O) groups is 1. The van der Waals surface area contributed by atoms with Crippen molar-refractivity contribution in [2.24, 2.45) is 28.1 Å². The van der Waals surface area contributed by atoms with E-state index >= 15 is 0 Å². The van der Waals surface area contributed by atoms with Crippen LogP contribution >= 0.6 is 0 Å². The third kappa shape index (κ3) is 2.69. The molecule has 2 aliphatic carbocycles. The van der Waals surface area contributed by atoms with Crippen LogP contribution in [0.25, 0.3) is 0 Å². The molecule has 0 saturated heterocycles. The maximum atomic E-state index is 12.4. The molecule has 1 amide bonds. The zero-order valence-electron chi connectivity index (χ0n) is 11.9. The first-order valence-corrected chi connectivity index (χ1v) is 7.30. The summed E-state index contributed by atoms with van der Waals surface area (Å²) in [6, 6.07) is 0.241. The Morgan fingerprint density at radius 1 is 1.37 bits per heavy atom. The molecule has 0 aromatic carbocycles. The number of nitrogens with two attached hydrogens (primary N) is 1. The van der Waals surface area contributed by atoms with Crippen molar-refractivity contribution in [1.82, 2.24) is 5.32 Å². The van der Waals surface area contributed by atoms with Gasteiger partial charge in [0.1, 0.15) is 5.41 Å². The molecule has 5 nitrogen and oxygen atoms in total. The zero-order chi connectivity index (χ0) is 14.0. The third-order valence-electron chi connectivity index (χ3n) is 4.77. The summed E-state index contributed by atoms with van der Waals surface area (Å²) in [6.07, 6.45) is 6.02. The van der Waals surface area contributed by atoms with Crippen LogP contribution in [0.5, 0.6) is 0 Å². The van der Waals surface area contributed by atoms with Crippen LogP contribution in [0.4, 0.5) is 0 Å². The van der Waals surface area contributed by atoms with E-state index in [9.17, 15) is 4.79 Å². The van der Waals surface area contributed by atoms with Crippen molar-refractivity contribution in [3.8, 4) is 0 Å². The summed E-state index contributed by atoms with van der Waals surface area (Å²) >= 11 is 0. The largest absolute Gasteiger partial charge is 0.409 e. The van der Waals surface area contributed by atoms with Gasteiger partial charge < -0.3 is 16.3 Å². The molecule has 0 bridgehead atoms. The van der Waals surface area contributed by atoms with Gasteiger partial charge in [-0.15, -0.1) is 0 Å². The molecular formula is C14H25N3O2. The molecule has 108 valence electrons. The van der Waals surface area contributed by atoms with Gasteiger partial charge in [0, 0.05) is 6.04 Å². The van der Waals surface area contributed by atoms with Crippen LogP contribution in [-0.4, -0.2) is 23.0 Å². The van der Waals surface area contributed by atoms with Gasteiger partial charge in [-0.2, -0.15) is 0 Å². The molecule has 0 heterocycles. The normalized spacial score (nSPS) is 30.2. The highest BCUT2D eigenvalue weighted by molar-refractivity contribution is 6.09. The lowest BCUT2D eigenvalue weighted by molar-refractivity contribution is -0.125. The number of carbonyl (C=O) groups excluding carboxylic acids is 1. The van der Waals surface area contributed by atoms with Crippen molar-refractivity contribution in [2.45, 2.75) is 58.4 Å². The number of nitrogens with zero attached hydrogens (tertiary/aromatic N) is 1. The highest BCUT2D eigenvalue weighted by Crippen LogP contribution is 2.46. The van der Waals surface area contributed by atoms with E-state index in [0.29, 0.717) is 24.7 Å². The van der Waals surface area contributed by atoms with Gasteiger partial charge in [0.25, 0.3) is 0 Å². The Kier molecular flexibility index (Phi) is 4.02. The summed E-state index contributed by atoms with van der Waals surface area (Å²) in [6.45, 7) is 4.43. The summed E-state index contributed by atoms with van der Waals surface area (Å²) in [5.41, 5.74) is 4.92. The van der Waals surface area contributed by atoms with Crippen LogP contribution in [0.2, 0.25) is 0 Å². The number of hydrogen-bond donors (Lipinski definition) is 3. The Labute approximate surface area is 114 Å². The Morgan fingerprint density at radius 2 is 2.00 bits per heavy atom. The van der Waals surface area contributed by atoms with Gasteiger partial charge in [0.05, 0.1) is 0 Å². The minimum absolute atomic E-state index is 0.0552. The lowest BCUT2D eigenvalue weighted by Crippen LogP contribution is -2.49. The fourth-order valence-corrected chi connectivity index (χ4v) is 3.26. The van der Waals surface area contributed by atoms with Crippen molar-refractivity contribution in [3.63, 3.8) is 0 Å². The lowest BCUT2D eigenvalue weighted by Gasteiger charge is -2.35. The molecule has 19 heavy (non-hydrogen) atoms. The molecule has 0 aliphatic heterocycles. The van der Waals surface area contributed by atoms with E-state index in [1.165, 1.54) is 19.3 Å². The number of amides is 1. The first-order chi connectivity index (χ1) is 9.01. The maximum Gasteiger partial charge on any atom is 0.234 e. The molecule has 2 unspecified atom stereocenters. The number of nitrogens with one attached hydrogen (secondary N) is 1. The number of amidine groups is 1. The summed E-state index contributed by atoms with van der Waals surface area (Å²) in [4.78, 5) is 12.4. The van der Waals surface area contributed by atoms with E-state index in [1.54, 1.807) is 0 Å². The first kappa shape index (κ1) is 14.2. The van der Waals surface area contributed by atoms with E-state index in [2.05, 4.69) is 24.3 Å². The minimum atomic E-state index is -0.728. The molecule has 2 aliphatic rings. The van der Waals surface area contributed by atoms with E-state index in [1.807, 2.05) is 0 Å². The highest BCUT2D eigenvalue weighted by atomic mass is 16.4. The second-order valence-electron chi connectivity index (χ2n) is 6.34. The van der Waals surface area contributed by atoms with Crippen molar-refractivity contribution in [1.29, 1.82) is 0 Å². The van der Waals surface area contributed by atoms with Gasteiger partial charge in [-0.25, -0.2) is 0 Å². The van der Waals surface area contributed by atoms with Crippen molar-refractivity contribution in [3.05, 3.63) is 0 Å². The molecule has 0 spiro atoms. The summed E-state index contributed by atoms with van der Waals surface area (Å²) in [7, 11) is 0. The van der Waals surface area contributed by atoms with Crippen molar-refractivity contribution >= 4 is 11.7 Å². The summed E-state index contributed by atoms with van der Waals surface area (Å²) in [5.74, 6) is 1.12. The van der Waals surface area contributed by atoms with Gasteiger partial charge in [0.15, 0.2) is 5.84 Å². The average Bonchev–Trinajstić information content (AvgIpc) is 3.19. The highest BCUT2D eigenvalue weighted by Gasteiger charge is 2.54. The van der Waals surface area contributed by atoms with Gasteiger partial charge in [-0.1, -0.05) is 31.8 Å². The number of oxime groups is 1. The molecule has 2 rings (SSSR count). The van der Waals surface area contributed by atoms with Gasteiger partial charge in [0.2, 0.25) is 5.91 Å². The average molecular weight is 267 g/mol. The molecule has 0 aromatic rings. The molecule has 2 fully saturated rings. The number of hydrogen-bond acceptors (Lipinski definition) is 3. The molecule has 2 atom stereocenters. The Balaban J connectivity index is 2.02. The molecule has 0 radical (unpaired) electrons. The topological polar surface area (TPSA) is 87.7 Å². The quantitative estimate of drug-likeness (QED) is 0.314. The van der Waals surface area contributed by atoms with Crippen LogP contribution in [-0.2, 0) is 4.79 Å². The van der Waals surface area contributed by atoms with E-state index in [0.717, 1.165) is 6.42 Å². The van der Waals surface area contributed by atoms with Crippen LogP contribution in [0, 0.1) is 17.3 Å². The van der Waals surface area contributed by atoms with Crippen LogP contribution in [0.3, 0.4) is 0 Å². The zero-order valence-corrected chi connectivity index (χ0v) is 11.9. The van der Waals surface area contributed by atoms with Crippen LogP contribution < -0.4 is 11.1 Å². The predicted molar refractivity (Wildman–Crippen MR) is 73.8 cm³/mol. The summed E-state index contributed by atoms with van der Waals surface area (Å²) < 4.78 is 0. The molecule has 5 heteroatoms. The fraction of sp³-hybridized carbons (Fsp3) is 0.857. The smallest absolute Gasteiger partial charge is 0.234 e. The van der Waals surface area contributed by atoms with Gasteiger partial charge >= 0.3 is 0 Å². The monoisotopic (exact) mass is 267 g/mol.